The molecule has 0 aliphatic heterocycles. The molecule has 5 nitrogen and oxygen atoms in total. The smallest absolute Gasteiger partial charge is 0.326 e. The number of hydrogen-bond acceptors (Lipinski definition) is 4. The molecule has 0 amide bonds. The molecule has 0 fully saturated rings. The molecule has 1 aromatic carbocycles. The second-order valence-corrected chi connectivity index (χ2v) is 5.36. The monoisotopic (exact) mass is 273 g/mol. The molecule has 0 radical (unpaired) electrons. The van der Waals surface area contributed by atoms with Crippen LogP contribution >= 0.6 is 0 Å². The van der Waals surface area contributed by atoms with E-state index in [0.29, 0.717) is 12.2 Å². The molecule has 0 saturated heterocycles. The van der Waals surface area contributed by atoms with Gasteiger partial charge in [-0.05, 0) is 30.9 Å². The van der Waals surface area contributed by atoms with Crippen LogP contribution in [0.15, 0.2) is 24.5 Å². The van der Waals surface area contributed by atoms with Gasteiger partial charge in [0, 0.05) is 5.39 Å². The number of fused-ring (bicyclic) bond motifs is 1. The molecule has 106 valence electrons. The molecular weight excluding hydrogens is 254 g/mol. The van der Waals surface area contributed by atoms with Crippen molar-refractivity contribution in [2.75, 3.05) is 5.32 Å². The largest absolute Gasteiger partial charge is 0.480 e. The summed E-state index contributed by atoms with van der Waals surface area (Å²) in [4.78, 5) is 19.8. The summed E-state index contributed by atoms with van der Waals surface area (Å²) in [6, 6.07) is 5.15. The van der Waals surface area contributed by atoms with Crippen molar-refractivity contribution in [3.63, 3.8) is 0 Å². The molecule has 0 unspecified atom stereocenters. The maximum atomic E-state index is 11.4. The fourth-order valence-electron chi connectivity index (χ4n) is 2.25. The number of anilines is 1. The minimum Gasteiger partial charge on any atom is -0.480 e. The van der Waals surface area contributed by atoms with Crippen LogP contribution in [-0.4, -0.2) is 27.1 Å². The van der Waals surface area contributed by atoms with Crippen LogP contribution in [0.5, 0.6) is 0 Å². The molecule has 2 aromatic rings. The lowest BCUT2D eigenvalue weighted by molar-refractivity contribution is -0.138. The molecule has 20 heavy (non-hydrogen) atoms. The van der Waals surface area contributed by atoms with Crippen molar-refractivity contribution in [1.82, 2.24) is 9.97 Å². The van der Waals surface area contributed by atoms with Gasteiger partial charge in [0.25, 0.3) is 0 Å². The van der Waals surface area contributed by atoms with Crippen LogP contribution in [0.2, 0.25) is 0 Å². The fourth-order valence-corrected chi connectivity index (χ4v) is 2.25. The zero-order chi connectivity index (χ0) is 14.7. The van der Waals surface area contributed by atoms with E-state index in [-0.39, 0.29) is 5.92 Å². The molecule has 2 N–H and O–H groups in total. The Hall–Kier alpha value is -2.17. The number of aromatic nitrogens is 2. The average molecular weight is 273 g/mol. The number of nitrogens with one attached hydrogen (secondary N) is 1. The second kappa shape index (κ2) is 5.86. The first-order valence-electron chi connectivity index (χ1n) is 6.68. The van der Waals surface area contributed by atoms with Crippen LogP contribution < -0.4 is 5.32 Å². The van der Waals surface area contributed by atoms with E-state index in [1.165, 1.54) is 6.33 Å². The van der Waals surface area contributed by atoms with Crippen molar-refractivity contribution < 1.29 is 9.90 Å². The highest BCUT2D eigenvalue weighted by atomic mass is 16.4. The Morgan fingerprint density at radius 3 is 2.75 bits per heavy atom. The lowest BCUT2D eigenvalue weighted by atomic mass is 10.0. The van der Waals surface area contributed by atoms with Gasteiger partial charge in [0.15, 0.2) is 0 Å². The van der Waals surface area contributed by atoms with E-state index in [1.807, 2.05) is 39.0 Å². The summed E-state index contributed by atoms with van der Waals surface area (Å²) in [5, 5.41) is 13.2. The lowest BCUT2D eigenvalue weighted by Crippen LogP contribution is -2.31. The van der Waals surface area contributed by atoms with Gasteiger partial charge < -0.3 is 10.4 Å². The Kier molecular flexibility index (Phi) is 4.17. The fraction of sp³-hybridized carbons (Fsp3) is 0.400. The third-order valence-electron chi connectivity index (χ3n) is 3.19. The van der Waals surface area contributed by atoms with E-state index in [2.05, 4.69) is 15.3 Å². The molecule has 2 rings (SSSR count). The Morgan fingerprint density at radius 1 is 1.35 bits per heavy atom. The number of hydrogen-bond donors (Lipinski definition) is 2. The third kappa shape index (κ3) is 3.04. The Balaban J connectivity index is 2.39. The highest BCUT2D eigenvalue weighted by molar-refractivity contribution is 5.93. The number of carboxylic acid groups (broad SMARTS) is 1. The quantitative estimate of drug-likeness (QED) is 0.876. The van der Waals surface area contributed by atoms with E-state index in [0.717, 1.165) is 16.5 Å². The van der Waals surface area contributed by atoms with Gasteiger partial charge in [-0.15, -0.1) is 0 Å². The highest BCUT2D eigenvalue weighted by Crippen LogP contribution is 2.24. The molecular formula is C15H19N3O2. The average Bonchev–Trinajstić information content (AvgIpc) is 2.37. The van der Waals surface area contributed by atoms with E-state index < -0.39 is 12.0 Å². The van der Waals surface area contributed by atoms with Gasteiger partial charge in [0.05, 0.1) is 5.52 Å². The van der Waals surface area contributed by atoms with Gasteiger partial charge in [-0.25, -0.2) is 14.8 Å². The van der Waals surface area contributed by atoms with Gasteiger partial charge in [-0.3, -0.25) is 0 Å². The van der Waals surface area contributed by atoms with E-state index in [4.69, 9.17) is 0 Å². The third-order valence-corrected chi connectivity index (χ3v) is 3.19. The first-order chi connectivity index (χ1) is 9.49. The molecule has 0 aliphatic rings. The predicted molar refractivity (Wildman–Crippen MR) is 78.8 cm³/mol. The highest BCUT2D eigenvalue weighted by Gasteiger charge is 2.20. The number of carbonyl (C=O) groups is 1. The summed E-state index contributed by atoms with van der Waals surface area (Å²) in [5.41, 5.74) is 1.84. The number of rotatable bonds is 5. The molecule has 1 atom stereocenters. The normalized spacial score (nSPS) is 12.6. The van der Waals surface area contributed by atoms with E-state index >= 15 is 0 Å². The number of nitrogens with zero attached hydrogens (tertiary/aromatic N) is 2. The molecule has 0 bridgehead atoms. The molecule has 1 aromatic heterocycles. The zero-order valence-electron chi connectivity index (χ0n) is 11.9. The number of aliphatic carboxylic acids is 1. The first-order valence-corrected chi connectivity index (χ1v) is 6.68. The SMILES string of the molecule is Cc1cccc2ncnc(N[C@H](CC(C)C)C(=O)O)c12. The van der Waals surface area contributed by atoms with Gasteiger partial charge in [0.2, 0.25) is 0 Å². The van der Waals surface area contributed by atoms with Crippen LogP contribution in [0.4, 0.5) is 5.82 Å². The van der Waals surface area contributed by atoms with Crippen LogP contribution in [0.3, 0.4) is 0 Å². The Bertz CT molecular complexity index is 620. The summed E-state index contributed by atoms with van der Waals surface area (Å²) >= 11 is 0. The minimum absolute atomic E-state index is 0.290. The summed E-state index contributed by atoms with van der Waals surface area (Å²) in [6.45, 7) is 5.97. The van der Waals surface area contributed by atoms with E-state index in [1.54, 1.807) is 0 Å². The van der Waals surface area contributed by atoms with Gasteiger partial charge in [-0.1, -0.05) is 26.0 Å². The van der Waals surface area contributed by atoms with Crippen LogP contribution in [0.1, 0.15) is 25.8 Å². The van der Waals surface area contributed by atoms with Crippen molar-refractivity contribution in [2.45, 2.75) is 33.2 Å². The molecule has 5 heteroatoms. The molecule has 0 saturated carbocycles. The first kappa shape index (κ1) is 14.2. The van der Waals surface area contributed by atoms with Gasteiger partial charge in [-0.2, -0.15) is 0 Å². The lowest BCUT2D eigenvalue weighted by Gasteiger charge is -2.18. The van der Waals surface area contributed by atoms with Crippen LogP contribution in [0, 0.1) is 12.8 Å². The summed E-state index contributed by atoms with van der Waals surface area (Å²) in [5.74, 6) is 0.0120. The maximum absolute atomic E-state index is 11.4. The molecule has 0 spiro atoms. The van der Waals surface area contributed by atoms with Crippen molar-refractivity contribution in [3.05, 3.63) is 30.1 Å². The second-order valence-electron chi connectivity index (χ2n) is 5.36. The van der Waals surface area contributed by atoms with Gasteiger partial charge in [0.1, 0.15) is 18.2 Å². The number of benzene rings is 1. The minimum atomic E-state index is -0.862. The van der Waals surface area contributed by atoms with Crippen LogP contribution in [-0.2, 0) is 4.79 Å². The van der Waals surface area contributed by atoms with Crippen molar-refractivity contribution in [2.24, 2.45) is 5.92 Å². The molecule has 0 aliphatic carbocycles. The Morgan fingerprint density at radius 2 is 2.10 bits per heavy atom. The van der Waals surface area contributed by atoms with Crippen LogP contribution in [0.25, 0.3) is 10.9 Å². The van der Waals surface area contributed by atoms with Gasteiger partial charge >= 0.3 is 5.97 Å². The molecule has 1 heterocycles. The van der Waals surface area contributed by atoms with Crippen molar-refractivity contribution in [1.29, 1.82) is 0 Å². The maximum Gasteiger partial charge on any atom is 0.326 e. The van der Waals surface area contributed by atoms with Crippen molar-refractivity contribution >= 4 is 22.7 Å². The van der Waals surface area contributed by atoms with E-state index in [9.17, 15) is 9.90 Å². The standard InChI is InChI=1S/C15H19N3O2/c1-9(2)7-12(15(19)20)18-14-13-10(3)5-4-6-11(13)16-8-17-14/h4-6,8-9,12H,7H2,1-3H3,(H,19,20)(H,16,17,18)/t12-/m1/s1. The number of aryl methyl sites for hydroxylation is 1. The summed E-state index contributed by atoms with van der Waals surface area (Å²) in [7, 11) is 0. The Labute approximate surface area is 118 Å². The topological polar surface area (TPSA) is 75.1 Å². The predicted octanol–water partition coefficient (Wildman–Crippen LogP) is 2.85. The van der Waals surface area contributed by atoms with Crippen molar-refractivity contribution in [3.8, 4) is 0 Å². The number of carboxylic acids is 1. The summed E-state index contributed by atoms with van der Waals surface area (Å²) in [6.07, 6.45) is 2.01. The zero-order valence-corrected chi connectivity index (χ0v) is 11.9. The summed E-state index contributed by atoms with van der Waals surface area (Å²) < 4.78 is 0.